The Morgan fingerprint density at radius 2 is 1.77 bits per heavy atom. The molecular weight excluding hydrogens is 546 g/mol. The Balaban J connectivity index is 1.68. The van der Waals surface area contributed by atoms with Gasteiger partial charge in [-0.3, -0.25) is 14.4 Å². The molecule has 1 spiro atoms. The molecule has 3 aliphatic rings. The maximum atomic E-state index is 14.9. The van der Waals surface area contributed by atoms with Crippen molar-refractivity contribution in [2.75, 3.05) is 38.8 Å². The number of likely N-dealkylation sites (N-methyl/N-ethyl adjacent to an activating group) is 1. The fourth-order valence-electron chi connectivity index (χ4n) is 7.58. The lowest BCUT2D eigenvalue weighted by atomic mass is 9.62. The van der Waals surface area contributed by atoms with Crippen LogP contribution in [0.4, 0.5) is 5.69 Å². The van der Waals surface area contributed by atoms with Gasteiger partial charge in [0, 0.05) is 25.8 Å². The van der Waals surface area contributed by atoms with Gasteiger partial charge in [0.1, 0.15) is 17.4 Å². The summed E-state index contributed by atoms with van der Waals surface area (Å²) in [7, 11) is 3.26. The molecule has 3 amide bonds. The zero-order valence-electron chi connectivity index (χ0n) is 25.3. The monoisotopic (exact) mass is 587 g/mol. The van der Waals surface area contributed by atoms with Gasteiger partial charge in [-0.15, -0.1) is 13.2 Å². The first-order valence-corrected chi connectivity index (χ1v) is 14.7. The first-order chi connectivity index (χ1) is 20.6. The molecule has 2 bridgehead atoms. The Kier molecular flexibility index (Phi) is 8.24. The van der Waals surface area contributed by atoms with Crippen molar-refractivity contribution < 1.29 is 29.0 Å². The Bertz CT molecular complexity index is 1400. The topological polar surface area (TPSA) is 99.6 Å². The third-order valence-electron chi connectivity index (χ3n) is 9.69. The van der Waals surface area contributed by atoms with E-state index in [1.807, 2.05) is 44.2 Å². The predicted octanol–water partition coefficient (Wildman–Crippen LogP) is 3.60. The van der Waals surface area contributed by atoms with E-state index < -0.39 is 41.7 Å². The maximum absolute atomic E-state index is 14.9. The second kappa shape index (κ2) is 11.6. The third-order valence-corrected chi connectivity index (χ3v) is 9.69. The summed E-state index contributed by atoms with van der Waals surface area (Å²) in [6, 6.07) is 14.3. The predicted molar refractivity (Wildman–Crippen MR) is 163 cm³/mol. The van der Waals surface area contributed by atoms with Crippen LogP contribution < -0.4 is 9.64 Å². The summed E-state index contributed by atoms with van der Waals surface area (Å²) in [6.07, 6.45) is 3.69. The van der Waals surface area contributed by atoms with Crippen LogP contribution >= 0.6 is 0 Å². The summed E-state index contributed by atoms with van der Waals surface area (Å²) in [5.41, 5.74) is -0.940. The number of carbonyl (C=O) groups excluding carboxylic acids is 3. The van der Waals surface area contributed by atoms with Gasteiger partial charge in [-0.05, 0) is 49.1 Å². The summed E-state index contributed by atoms with van der Waals surface area (Å²) < 4.78 is 12.2. The number of carbonyl (C=O) groups is 3. The number of nitrogens with zero attached hydrogens (tertiary/aromatic N) is 3. The normalized spacial score (nSPS) is 29.6. The molecule has 43 heavy (non-hydrogen) atoms. The zero-order chi connectivity index (χ0) is 31.1. The Labute approximate surface area is 253 Å². The van der Waals surface area contributed by atoms with Crippen molar-refractivity contribution in [2.24, 2.45) is 17.8 Å². The number of fused-ring (bicyclic) bond motifs is 1. The molecule has 9 nitrogen and oxygen atoms in total. The fraction of sp³-hybridized carbons (Fsp3) is 0.441. The van der Waals surface area contributed by atoms with E-state index in [1.54, 1.807) is 60.4 Å². The molecule has 2 aromatic rings. The molecule has 9 heteroatoms. The fourth-order valence-corrected chi connectivity index (χ4v) is 7.58. The van der Waals surface area contributed by atoms with Gasteiger partial charge >= 0.3 is 0 Å². The average molecular weight is 588 g/mol. The lowest BCUT2D eigenvalue weighted by Crippen LogP contribution is -2.57. The van der Waals surface area contributed by atoms with Crippen LogP contribution in [0.25, 0.3) is 0 Å². The lowest BCUT2D eigenvalue weighted by Gasteiger charge is -2.39. The van der Waals surface area contributed by atoms with Gasteiger partial charge in [0.25, 0.3) is 5.91 Å². The van der Waals surface area contributed by atoms with E-state index in [0.29, 0.717) is 30.0 Å². The van der Waals surface area contributed by atoms with Crippen LogP contribution in [0.5, 0.6) is 5.75 Å². The van der Waals surface area contributed by atoms with Crippen LogP contribution in [-0.4, -0.2) is 83.7 Å². The molecule has 2 aromatic carbocycles. The minimum absolute atomic E-state index is 0.115. The number of rotatable bonds is 11. The molecule has 1 N–H and O–H groups in total. The van der Waals surface area contributed by atoms with Crippen molar-refractivity contribution in [3.63, 3.8) is 0 Å². The van der Waals surface area contributed by atoms with Crippen molar-refractivity contribution in [3.05, 3.63) is 85.5 Å². The molecule has 3 saturated heterocycles. The first kappa shape index (κ1) is 30.5. The van der Waals surface area contributed by atoms with Crippen LogP contribution in [0.1, 0.15) is 31.9 Å². The molecule has 3 unspecified atom stereocenters. The standard InChI is InChI=1S/C34H41N3O6/c1-7-18-35(5)30(39)27-28-31(40)37(26(21-38)23-12-10-9-11-13-23)29(34(28)20-22(3)33(27,4)43-34)32(41)36(19-8-2)24-14-16-25(42-6)17-15-24/h7-17,22,26-29,38H,1-2,18-21H2,3-6H3/t22?,26-,27+,28+,29?,33-,34?/m1/s1. The summed E-state index contributed by atoms with van der Waals surface area (Å²) >= 11 is 0. The number of hydrogen-bond acceptors (Lipinski definition) is 6. The molecule has 0 radical (unpaired) electrons. The highest BCUT2D eigenvalue weighted by Gasteiger charge is 2.80. The molecule has 3 fully saturated rings. The molecule has 5 rings (SSSR count). The number of benzene rings is 2. The number of aliphatic hydroxyl groups is 1. The van der Waals surface area contributed by atoms with Crippen molar-refractivity contribution in [2.45, 2.75) is 43.6 Å². The minimum Gasteiger partial charge on any atom is -0.497 e. The van der Waals surface area contributed by atoms with Crippen molar-refractivity contribution >= 4 is 23.4 Å². The number of aliphatic hydroxyl groups excluding tert-OH is 1. The second-order valence-corrected chi connectivity index (χ2v) is 12.0. The van der Waals surface area contributed by atoms with Crippen LogP contribution in [0.2, 0.25) is 0 Å². The SMILES string of the molecule is C=CCN(C)C(=O)[C@@H]1[C@H]2C(=O)N([C@H](CO)c3ccccc3)C(C(=O)N(CC=C)c3ccc(OC)cc3)C23CC(C)[C@@]1(C)O3. The third kappa shape index (κ3) is 4.66. The second-order valence-electron chi connectivity index (χ2n) is 12.0. The quantitative estimate of drug-likeness (QED) is 0.404. The van der Waals surface area contributed by atoms with Crippen molar-refractivity contribution in [1.82, 2.24) is 9.80 Å². The molecule has 3 heterocycles. The van der Waals surface area contributed by atoms with Crippen molar-refractivity contribution in [3.8, 4) is 5.75 Å². The van der Waals surface area contributed by atoms with Gasteiger partial charge in [0.15, 0.2) is 0 Å². The summed E-state index contributed by atoms with van der Waals surface area (Å²) in [6.45, 7) is 11.6. The Morgan fingerprint density at radius 1 is 1.12 bits per heavy atom. The van der Waals surface area contributed by atoms with Gasteiger partial charge < -0.3 is 29.3 Å². The van der Waals surface area contributed by atoms with E-state index in [2.05, 4.69) is 13.2 Å². The van der Waals surface area contributed by atoms with E-state index in [1.165, 1.54) is 4.90 Å². The Hall–Kier alpha value is -3.95. The smallest absolute Gasteiger partial charge is 0.253 e. The van der Waals surface area contributed by atoms with Crippen LogP contribution in [0.15, 0.2) is 79.9 Å². The van der Waals surface area contributed by atoms with Crippen LogP contribution in [-0.2, 0) is 19.1 Å². The molecule has 0 aliphatic carbocycles. The average Bonchev–Trinajstić information content (AvgIpc) is 3.53. The van der Waals surface area contributed by atoms with E-state index in [-0.39, 0.29) is 30.2 Å². The number of ether oxygens (including phenoxy) is 2. The first-order valence-electron chi connectivity index (χ1n) is 14.7. The minimum atomic E-state index is -1.27. The van der Waals surface area contributed by atoms with Gasteiger partial charge in [0.05, 0.1) is 37.2 Å². The number of amides is 3. The number of methoxy groups -OCH3 is 1. The zero-order valence-corrected chi connectivity index (χ0v) is 25.3. The summed E-state index contributed by atoms with van der Waals surface area (Å²) in [5, 5.41) is 10.8. The maximum Gasteiger partial charge on any atom is 0.253 e. The van der Waals surface area contributed by atoms with Gasteiger partial charge in [-0.1, -0.05) is 49.4 Å². The summed E-state index contributed by atoms with van der Waals surface area (Å²) in [4.78, 5) is 48.3. The van der Waals surface area contributed by atoms with E-state index in [9.17, 15) is 19.5 Å². The largest absolute Gasteiger partial charge is 0.497 e. The summed E-state index contributed by atoms with van der Waals surface area (Å²) in [5.74, 6) is -2.13. The molecule has 3 aliphatic heterocycles. The van der Waals surface area contributed by atoms with Gasteiger partial charge in [0.2, 0.25) is 11.8 Å². The van der Waals surface area contributed by atoms with Gasteiger partial charge in [-0.25, -0.2) is 0 Å². The highest BCUT2D eigenvalue weighted by Crippen LogP contribution is 2.66. The van der Waals surface area contributed by atoms with E-state index in [0.717, 1.165) is 0 Å². The molecular formula is C34H41N3O6. The molecule has 0 saturated carbocycles. The Morgan fingerprint density at radius 3 is 2.35 bits per heavy atom. The lowest BCUT2D eigenvalue weighted by molar-refractivity contribution is -0.153. The van der Waals surface area contributed by atoms with Crippen LogP contribution in [0, 0.1) is 17.8 Å². The number of anilines is 1. The van der Waals surface area contributed by atoms with Crippen molar-refractivity contribution in [1.29, 1.82) is 0 Å². The highest BCUT2D eigenvalue weighted by atomic mass is 16.5. The molecule has 0 aromatic heterocycles. The van der Waals surface area contributed by atoms with Crippen LogP contribution in [0.3, 0.4) is 0 Å². The van der Waals surface area contributed by atoms with E-state index in [4.69, 9.17) is 9.47 Å². The molecule has 228 valence electrons. The number of hydrogen-bond donors (Lipinski definition) is 1. The van der Waals surface area contributed by atoms with E-state index >= 15 is 0 Å². The highest BCUT2D eigenvalue weighted by molar-refractivity contribution is 6.05. The van der Waals surface area contributed by atoms with Gasteiger partial charge in [-0.2, -0.15) is 0 Å². The number of likely N-dealkylation sites (tertiary alicyclic amines) is 1. The molecule has 7 atom stereocenters.